The molecule has 0 fully saturated rings. The van der Waals surface area contributed by atoms with Gasteiger partial charge in [0.2, 0.25) is 0 Å². The maximum atomic E-state index is 11.3. The summed E-state index contributed by atoms with van der Waals surface area (Å²) in [7, 11) is 0. The molecule has 0 aromatic heterocycles. The van der Waals surface area contributed by atoms with Crippen molar-refractivity contribution in [2.75, 3.05) is 5.88 Å². The van der Waals surface area contributed by atoms with E-state index in [0.29, 0.717) is 5.56 Å². The Bertz CT molecular complexity index is 345. The van der Waals surface area contributed by atoms with Crippen LogP contribution in [-0.4, -0.2) is 16.8 Å². The number of halogens is 1. The number of ketones is 1. The molecular formula is C10H11ClO2. The standard InChI is InChI=1S/C10H11ClO2/c1-6-3-4-8(12)10(7(6)2)9(13)5-11/h3-4,12H,5H2,1-2H3. The minimum Gasteiger partial charge on any atom is -0.507 e. The highest BCUT2D eigenvalue weighted by molar-refractivity contribution is 6.31. The van der Waals surface area contributed by atoms with E-state index in [4.69, 9.17) is 11.6 Å². The Morgan fingerprint density at radius 1 is 1.46 bits per heavy atom. The molecule has 70 valence electrons. The first-order valence-electron chi connectivity index (χ1n) is 3.96. The first-order valence-corrected chi connectivity index (χ1v) is 4.49. The Morgan fingerprint density at radius 3 is 2.62 bits per heavy atom. The molecule has 0 unspecified atom stereocenters. The van der Waals surface area contributed by atoms with Crippen LogP contribution in [0.25, 0.3) is 0 Å². The van der Waals surface area contributed by atoms with Gasteiger partial charge < -0.3 is 5.11 Å². The van der Waals surface area contributed by atoms with Gasteiger partial charge in [-0.3, -0.25) is 4.79 Å². The van der Waals surface area contributed by atoms with Gasteiger partial charge in [0.15, 0.2) is 5.78 Å². The van der Waals surface area contributed by atoms with Crippen LogP contribution in [-0.2, 0) is 0 Å². The Morgan fingerprint density at radius 2 is 2.08 bits per heavy atom. The van der Waals surface area contributed by atoms with Gasteiger partial charge in [-0.05, 0) is 31.0 Å². The number of Topliss-reactive ketones (excluding diaryl/α,β-unsaturated/α-hetero) is 1. The van der Waals surface area contributed by atoms with Crippen molar-refractivity contribution >= 4 is 17.4 Å². The van der Waals surface area contributed by atoms with E-state index in [1.165, 1.54) is 6.07 Å². The Hall–Kier alpha value is -1.02. The fourth-order valence-corrected chi connectivity index (χ4v) is 1.35. The summed E-state index contributed by atoms with van der Waals surface area (Å²) in [5, 5.41) is 9.44. The Kier molecular flexibility index (Phi) is 2.94. The predicted molar refractivity (Wildman–Crippen MR) is 52.6 cm³/mol. The minimum atomic E-state index is -0.236. The Labute approximate surface area is 82.2 Å². The molecule has 0 aliphatic carbocycles. The van der Waals surface area contributed by atoms with Gasteiger partial charge >= 0.3 is 0 Å². The molecule has 1 rings (SSSR count). The molecule has 0 aliphatic rings. The summed E-state index contributed by atoms with van der Waals surface area (Å²) >= 11 is 5.42. The van der Waals surface area contributed by atoms with E-state index in [2.05, 4.69) is 0 Å². The molecule has 0 amide bonds. The number of phenols is 1. The van der Waals surface area contributed by atoms with Crippen LogP contribution in [0.5, 0.6) is 5.75 Å². The Balaban J connectivity index is 3.33. The largest absolute Gasteiger partial charge is 0.507 e. The molecule has 1 aromatic rings. The molecule has 0 atom stereocenters. The highest BCUT2D eigenvalue weighted by atomic mass is 35.5. The van der Waals surface area contributed by atoms with Gasteiger partial charge in [-0.15, -0.1) is 11.6 Å². The van der Waals surface area contributed by atoms with Gasteiger partial charge in [0.25, 0.3) is 0 Å². The van der Waals surface area contributed by atoms with E-state index < -0.39 is 0 Å². The zero-order chi connectivity index (χ0) is 10.0. The lowest BCUT2D eigenvalue weighted by molar-refractivity contribution is 0.101. The van der Waals surface area contributed by atoms with E-state index in [1.807, 2.05) is 6.92 Å². The van der Waals surface area contributed by atoms with Gasteiger partial charge in [0.05, 0.1) is 11.4 Å². The molecule has 0 saturated heterocycles. The summed E-state index contributed by atoms with van der Waals surface area (Å²) in [6, 6.07) is 3.29. The number of benzene rings is 1. The molecule has 0 bridgehead atoms. The number of phenolic OH excluding ortho intramolecular Hbond substituents is 1. The molecule has 0 heterocycles. The van der Waals surface area contributed by atoms with E-state index >= 15 is 0 Å². The summed E-state index contributed by atoms with van der Waals surface area (Å²) in [5.41, 5.74) is 2.12. The van der Waals surface area contributed by atoms with Crippen molar-refractivity contribution in [3.8, 4) is 5.75 Å². The molecule has 1 aromatic carbocycles. The number of aromatic hydroxyl groups is 1. The van der Waals surface area contributed by atoms with Crippen molar-refractivity contribution in [3.63, 3.8) is 0 Å². The van der Waals surface area contributed by atoms with Crippen LogP contribution in [0.1, 0.15) is 21.5 Å². The zero-order valence-electron chi connectivity index (χ0n) is 7.60. The molecule has 3 heteroatoms. The quantitative estimate of drug-likeness (QED) is 0.586. The van der Waals surface area contributed by atoms with Crippen LogP contribution in [0.4, 0.5) is 0 Å². The van der Waals surface area contributed by atoms with Crippen LogP contribution >= 0.6 is 11.6 Å². The number of aryl methyl sites for hydroxylation is 1. The normalized spacial score (nSPS) is 10.1. The third kappa shape index (κ3) is 1.83. The van der Waals surface area contributed by atoms with Gasteiger partial charge in [0, 0.05) is 0 Å². The molecule has 0 aliphatic heterocycles. The van der Waals surface area contributed by atoms with Crippen LogP contribution < -0.4 is 0 Å². The van der Waals surface area contributed by atoms with Gasteiger partial charge in [-0.1, -0.05) is 6.07 Å². The first-order chi connectivity index (χ1) is 6.07. The van der Waals surface area contributed by atoms with Gasteiger partial charge in [-0.25, -0.2) is 0 Å². The molecule has 1 N–H and O–H groups in total. The van der Waals surface area contributed by atoms with Gasteiger partial charge in [0.1, 0.15) is 5.75 Å². The van der Waals surface area contributed by atoms with Crippen LogP contribution in [0, 0.1) is 13.8 Å². The monoisotopic (exact) mass is 198 g/mol. The maximum absolute atomic E-state index is 11.3. The molecule has 13 heavy (non-hydrogen) atoms. The third-order valence-corrected chi connectivity index (χ3v) is 2.36. The number of rotatable bonds is 2. The van der Waals surface area contributed by atoms with E-state index in [0.717, 1.165) is 11.1 Å². The van der Waals surface area contributed by atoms with Crippen molar-refractivity contribution < 1.29 is 9.90 Å². The highest BCUT2D eigenvalue weighted by Crippen LogP contribution is 2.24. The summed E-state index contributed by atoms with van der Waals surface area (Å²) < 4.78 is 0. The number of carbonyl (C=O) groups is 1. The lowest BCUT2D eigenvalue weighted by atomic mass is 10.00. The average molecular weight is 199 g/mol. The molecule has 2 nitrogen and oxygen atoms in total. The van der Waals surface area contributed by atoms with Crippen LogP contribution in [0.15, 0.2) is 12.1 Å². The van der Waals surface area contributed by atoms with E-state index in [1.54, 1.807) is 13.0 Å². The fraction of sp³-hybridized carbons (Fsp3) is 0.300. The van der Waals surface area contributed by atoms with Gasteiger partial charge in [-0.2, -0.15) is 0 Å². The average Bonchev–Trinajstić information content (AvgIpc) is 2.12. The number of hydrogen-bond donors (Lipinski definition) is 1. The number of hydrogen-bond acceptors (Lipinski definition) is 2. The number of carbonyl (C=O) groups excluding carboxylic acids is 1. The van der Waals surface area contributed by atoms with Crippen molar-refractivity contribution in [2.24, 2.45) is 0 Å². The molecular weight excluding hydrogens is 188 g/mol. The maximum Gasteiger partial charge on any atom is 0.181 e. The van der Waals surface area contributed by atoms with Crippen molar-refractivity contribution in [3.05, 3.63) is 28.8 Å². The second kappa shape index (κ2) is 3.79. The first kappa shape index (κ1) is 10.1. The van der Waals surface area contributed by atoms with Crippen molar-refractivity contribution in [1.29, 1.82) is 0 Å². The summed E-state index contributed by atoms with van der Waals surface area (Å²) in [6.45, 7) is 3.69. The SMILES string of the molecule is Cc1ccc(O)c(C(=O)CCl)c1C. The highest BCUT2D eigenvalue weighted by Gasteiger charge is 2.13. The number of alkyl halides is 1. The molecule has 0 radical (unpaired) electrons. The molecule has 0 spiro atoms. The van der Waals surface area contributed by atoms with E-state index in [9.17, 15) is 9.90 Å². The minimum absolute atomic E-state index is 0.00810. The summed E-state index contributed by atoms with van der Waals surface area (Å²) in [6.07, 6.45) is 0. The van der Waals surface area contributed by atoms with E-state index in [-0.39, 0.29) is 17.4 Å². The third-order valence-electron chi connectivity index (χ3n) is 2.11. The zero-order valence-corrected chi connectivity index (χ0v) is 8.35. The predicted octanol–water partition coefficient (Wildman–Crippen LogP) is 2.43. The molecule has 0 saturated carbocycles. The van der Waals surface area contributed by atoms with Crippen LogP contribution in [0.2, 0.25) is 0 Å². The fourth-order valence-electron chi connectivity index (χ4n) is 1.22. The van der Waals surface area contributed by atoms with Crippen molar-refractivity contribution in [1.82, 2.24) is 0 Å². The summed E-state index contributed by atoms with van der Waals surface area (Å²) in [4.78, 5) is 11.3. The smallest absolute Gasteiger partial charge is 0.181 e. The van der Waals surface area contributed by atoms with Crippen LogP contribution in [0.3, 0.4) is 0 Å². The second-order valence-electron chi connectivity index (χ2n) is 2.96. The lowest BCUT2D eigenvalue weighted by Crippen LogP contribution is -2.04. The lowest BCUT2D eigenvalue weighted by Gasteiger charge is -2.07. The topological polar surface area (TPSA) is 37.3 Å². The summed E-state index contributed by atoms with van der Waals surface area (Å²) in [5.74, 6) is -0.327. The van der Waals surface area contributed by atoms with Crippen molar-refractivity contribution in [2.45, 2.75) is 13.8 Å². The second-order valence-corrected chi connectivity index (χ2v) is 3.23.